The van der Waals surface area contributed by atoms with E-state index in [9.17, 15) is 0 Å². The van der Waals surface area contributed by atoms with E-state index in [0.717, 1.165) is 0 Å². The molecule has 0 spiro atoms. The van der Waals surface area contributed by atoms with Gasteiger partial charge in [-0.05, 0) is 12.1 Å². The number of hydrogen-bond acceptors (Lipinski definition) is 4. The summed E-state index contributed by atoms with van der Waals surface area (Å²) in [5.41, 5.74) is 1.16. The summed E-state index contributed by atoms with van der Waals surface area (Å²) >= 11 is 7.97. The summed E-state index contributed by atoms with van der Waals surface area (Å²) in [7, 11) is 0. The van der Waals surface area contributed by atoms with Gasteiger partial charge >= 0.3 is 0 Å². The number of halogens is 2. The van der Waals surface area contributed by atoms with Gasteiger partial charge in [-0.1, -0.05) is 11.6 Å². The number of aromatic amines is 1. The lowest BCUT2D eigenvalue weighted by Crippen LogP contribution is -1.88. The predicted molar refractivity (Wildman–Crippen MR) is 67.1 cm³/mol. The van der Waals surface area contributed by atoms with Crippen molar-refractivity contribution in [2.75, 3.05) is 0 Å². The molecule has 5 nitrogen and oxygen atoms in total. The van der Waals surface area contributed by atoms with Crippen LogP contribution in [0, 0.1) is 3.83 Å². The van der Waals surface area contributed by atoms with Gasteiger partial charge in [0.1, 0.15) is 5.52 Å². The molecule has 0 aliphatic rings. The van der Waals surface area contributed by atoms with Gasteiger partial charge in [-0.2, -0.15) is 0 Å². The van der Waals surface area contributed by atoms with Crippen molar-refractivity contribution >= 4 is 45.4 Å². The number of aromatic nitrogens is 4. The van der Waals surface area contributed by atoms with Crippen LogP contribution in [-0.4, -0.2) is 19.9 Å². The number of H-pyrrole nitrogens is 1. The van der Waals surface area contributed by atoms with Crippen LogP contribution in [0.2, 0.25) is 5.15 Å². The van der Waals surface area contributed by atoms with Crippen molar-refractivity contribution < 1.29 is 4.42 Å². The highest BCUT2D eigenvalue weighted by atomic mass is 127. The summed E-state index contributed by atoms with van der Waals surface area (Å²) in [5.74, 6) is 1.24. The van der Waals surface area contributed by atoms with Crippen LogP contribution in [0.1, 0.15) is 0 Å². The van der Waals surface area contributed by atoms with Gasteiger partial charge in [0.05, 0.1) is 6.26 Å². The van der Waals surface area contributed by atoms with E-state index < -0.39 is 0 Å². The van der Waals surface area contributed by atoms with Crippen molar-refractivity contribution in [2.24, 2.45) is 0 Å². The van der Waals surface area contributed by atoms with Crippen LogP contribution in [-0.2, 0) is 0 Å². The Morgan fingerprint density at radius 2 is 2.19 bits per heavy atom. The first-order chi connectivity index (χ1) is 7.74. The van der Waals surface area contributed by atoms with Gasteiger partial charge in [0, 0.05) is 22.6 Å². The molecule has 0 unspecified atom stereocenters. The summed E-state index contributed by atoms with van der Waals surface area (Å²) in [6.07, 6.45) is 1.58. The number of rotatable bonds is 1. The van der Waals surface area contributed by atoms with E-state index in [-0.39, 0.29) is 0 Å². The SMILES string of the molecule is Clc1nc(I)nc2[nH]c(-c3ccco3)nc12. The second kappa shape index (κ2) is 3.70. The number of hydrogen-bond donors (Lipinski definition) is 1. The van der Waals surface area contributed by atoms with Crippen LogP contribution in [0.4, 0.5) is 0 Å². The molecule has 80 valence electrons. The van der Waals surface area contributed by atoms with E-state index in [0.29, 0.717) is 31.7 Å². The Morgan fingerprint density at radius 3 is 2.94 bits per heavy atom. The van der Waals surface area contributed by atoms with Crippen LogP contribution in [0.25, 0.3) is 22.7 Å². The third-order valence-corrected chi connectivity index (χ3v) is 2.78. The lowest BCUT2D eigenvalue weighted by Gasteiger charge is -1.91. The second-order valence-corrected chi connectivity index (χ2v) is 4.37. The third-order valence-electron chi connectivity index (χ3n) is 2.03. The maximum Gasteiger partial charge on any atom is 0.194 e. The van der Waals surface area contributed by atoms with Crippen LogP contribution in [0.5, 0.6) is 0 Å². The molecule has 0 bridgehead atoms. The molecule has 0 saturated heterocycles. The molecule has 7 heteroatoms. The van der Waals surface area contributed by atoms with Crippen LogP contribution >= 0.6 is 34.2 Å². The lowest BCUT2D eigenvalue weighted by molar-refractivity contribution is 0.578. The maximum absolute atomic E-state index is 5.97. The summed E-state index contributed by atoms with van der Waals surface area (Å²) in [6.45, 7) is 0. The Kier molecular flexibility index (Phi) is 2.32. The van der Waals surface area contributed by atoms with E-state index >= 15 is 0 Å². The molecule has 0 radical (unpaired) electrons. The molecule has 0 amide bonds. The largest absolute Gasteiger partial charge is 0.461 e. The van der Waals surface area contributed by atoms with Crippen molar-refractivity contribution in [1.29, 1.82) is 0 Å². The number of nitrogens with one attached hydrogen (secondary N) is 1. The summed E-state index contributed by atoms with van der Waals surface area (Å²) in [5, 5.41) is 0.337. The Morgan fingerprint density at radius 1 is 1.31 bits per heavy atom. The Hall–Kier alpha value is -1.15. The summed E-state index contributed by atoms with van der Waals surface area (Å²) in [4.78, 5) is 15.5. The molecule has 0 atom stereocenters. The first kappa shape index (κ1) is 10.0. The Labute approximate surface area is 108 Å². The molecular formula is C9H4ClIN4O. The van der Waals surface area contributed by atoms with Gasteiger partial charge in [0.25, 0.3) is 0 Å². The molecule has 3 aromatic heterocycles. The Balaban J connectivity index is 2.27. The van der Waals surface area contributed by atoms with Crippen LogP contribution in [0.3, 0.4) is 0 Å². The molecule has 0 aliphatic heterocycles. The van der Waals surface area contributed by atoms with E-state index in [1.807, 2.05) is 28.7 Å². The van der Waals surface area contributed by atoms with Crippen molar-refractivity contribution in [2.45, 2.75) is 0 Å². The topological polar surface area (TPSA) is 67.6 Å². The molecule has 1 N–H and O–H groups in total. The van der Waals surface area contributed by atoms with Crippen molar-refractivity contribution in [3.05, 3.63) is 27.4 Å². The monoisotopic (exact) mass is 346 g/mol. The van der Waals surface area contributed by atoms with Crippen LogP contribution in [0.15, 0.2) is 22.8 Å². The third kappa shape index (κ3) is 1.57. The maximum atomic E-state index is 5.97. The molecule has 3 rings (SSSR count). The fourth-order valence-corrected chi connectivity index (χ4v) is 2.21. The fraction of sp³-hybridized carbons (Fsp3) is 0. The lowest BCUT2D eigenvalue weighted by atomic mass is 10.4. The normalized spacial score (nSPS) is 11.1. The zero-order chi connectivity index (χ0) is 11.1. The minimum Gasteiger partial charge on any atom is -0.461 e. The van der Waals surface area contributed by atoms with Gasteiger partial charge in [0.2, 0.25) is 0 Å². The van der Waals surface area contributed by atoms with Crippen molar-refractivity contribution in [3.63, 3.8) is 0 Å². The average Bonchev–Trinajstić information content (AvgIpc) is 2.82. The summed E-state index contributed by atoms with van der Waals surface area (Å²) < 4.78 is 5.81. The highest BCUT2D eigenvalue weighted by Crippen LogP contribution is 2.23. The molecular weight excluding hydrogens is 342 g/mol. The van der Waals surface area contributed by atoms with Crippen molar-refractivity contribution in [1.82, 2.24) is 19.9 Å². The number of nitrogens with zero attached hydrogens (tertiary/aromatic N) is 3. The standard InChI is InChI=1S/C9H4ClIN4O/c10-6-5-8(15-9(11)13-6)14-7(12-5)4-2-1-3-16-4/h1-3H,(H,12,13,14,15). The zero-order valence-corrected chi connectivity index (χ0v) is 10.7. The molecule has 3 aromatic rings. The minimum atomic E-state index is 0.337. The quantitative estimate of drug-likeness (QED) is 0.418. The molecule has 16 heavy (non-hydrogen) atoms. The highest BCUT2D eigenvalue weighted by Gasteiger charge is 2.12. The zero-order valence-electron chi connectivity index (χ0n) is 7.74. The van der Waals surface area contributed by atoms with E-state index in [2.05, 4.69) is 19.9 Å². The number of imidazole rings is 1. The Bertz CT molecular complexity index is 649. The molecule has 0 saturated carbocycles. The average molecular weight is 347 g/mol. The highest BCUT2D eigenvalue weighted by molar-refractivity contribution is 14.1. The molecule has 0 aliphatic carbocycles. The van der Waals surface area contributed by atoms with Gasteiger partial charge in [0.15, 0.2) is 26.2 Å². The first-order valence-electron chi connectivity index (χ1n) is 4.36. The molecule has 3 heterocycles. The van der Waals surface area contributed by atoms with Crippen LogP contribution < -0.4 is 0 Å². The predicted octanol–water partition coefficient (Wildman–Crippen LogP) is 2.87. The van der Waals surface area contributed by atoms with Gasteiger partial charge < -0.3 is 9.40 Å². The van der Waals surface area contributed by atoms with Crippen molar-refractivity contribution in [3.8, 4) is 11.6 Å². The molecule has 0 fully saturated rings. The number of fused-ring (bicyclic) bond motifs is 1. The summed E-state index contributed by atoms with van der Waals surface area (Å²) in [6, 6.07) is 3.60. The van der Waals surface area contributed by atoms with E-state index in [1.54, 1.807) is 12.3 Å². The minimum absolute atomic E-state index is 0.337. The van der Waals surface area contributed by atoms with E-state index in [1.165, 1.54) is 0 Å². The number of furan rings is 1. The molecule has 0 aromatic carbocycles. The first-order valence-corrected chi connectivity index (χ1v) is 5.82. The van der Waals surface area contributed by atoms with Gasteiger partial charge in [-0.3, -0.25) is 0 Å². The smallest absolute Gasteiger partial charge is 0.194 e. The van der Waals surface area contributed by atoms with Gasteiger partial charge in [-0.25, -0.2) is 15.0 Å². The van der Waals surface area contributed by atoms with E-state index in [4.69, 9.17) is 16.0 Å². The second-order valence-electron chi connectivity index (χ2n) is 3.04. The fourth-order valence-electron chi connectivity index (χ4n) is 1.37. The van der Waals surface area contributed by atoms with Gasteiger partial charge in [-0.15, -0.1) is 0 Å².